The number of urea groups is 1. The molecule has 21 heavy (non-hydrogen) atoms. The Labute approximate surface area is 122 Å². The Kier molecular flexibility index (Phi) is 4.42. The first-order valence-electron chi connectivity index (χ1n) is 6.73. The van der Waals surface area contributed by atoms with E-state index in [-0.39, 0.29) is 11.8 Å². The molecule has 1 saturated carbocycles. The van der Waals surface area contributed by atoms with E-state index in [1.165, 1.54) is 0 Å². The highest BCUT2D eigenvalue weighted by molar-refractivity contribution is 5.97. The number of hydrogen-bond acceptors (Lipinski definition) is 4. The molecule has 5 N–H and O–H groups in total. The number of carbonyl (C=O) groups is 3. The Hall–Kier alpha value is -2.57. The van der Waals surface area contributed by atoms with E-state index in [0.29, 0.717) is 11.4 Å². The summed E-state index contributed by atoms with van der Waals surface area (Å²) in [6.45, 7) is 1.60. The first-order valence-corrected chi connectivity index (χ1v) is 6.73. The van der Waals surface area contributed by atoms with Gasteiger partial charge in [-0.1, -0.05) is 6.07 Å². The van der Waals surface area contributed by atoms with Crippen molar-refractivity contribution in [2.24, 2.45) is 11.7 Å². The molecule has 4 amide bonds. The van der Waals surface area contributed by atoms with Crippen LogP contribution >= 0.6 is 0 Å². The number of hydrogen-bond donors (Lipinski definition) is 4. The second kappa shape index (κ2) is 6.25. The smallest absolute Gasteiger partial charge is 0.318 e. The predicted octanol–water partition coefficient (Wildman–Crippen LogP) is 1.03. The van der Waals surface area contributed by atoms with Gasteiger partial charge in [-0.05, 0) is 38.0 Å². The zero-order chi connectivity index (χ0) is 15.4. The Morgan fingerprint density at radius 3 is 2.52 bits per heavy atom. The molecule has 7 nitrogen and oxygen atoms in total. The first-order chi connectivity index (χ1) is 9.95. The minimum absolute atomic E-state index is 0.0201. The summed E-state index contributed by atoms with van der Waals surface area (Å²) < 4.78 is 0. The second-order valence-corrected chi connectivity index (χ2v) is 5.06. The molecule has 2 rings (SSSR count). The SMILES string of the molecule is C[C@H](Nc1cccc(NC(=O)C2CC2)c1)C(=O)NC(N)=O. The second-order valence-electron chi connectivity index (χ2n) is 5.06. The molecule has 0 radical (unpaired) electrons. The van der Waals surface area contributed by atoms with Crippen molar-refractivity contribution in [2.75, 3.05) is 10.6 Å². The topological polar surface area (TPSA) is 113 Å². The third kappa shape index (κ3) is 4.48. The number of nitrogens with two attached hydrogens (primary N) is 1. The van der Waals surface area contributed by atoms with Crippen molar-refractivity contribution in [1.29, 1.82) is 0 Å². The molecule has 0 saturated heterocycles. The lowest BCUT2D eigenvalue weighted by atomic mass is 10.2. The molecule has 1 aromatic carbocycles. The van der Waals surface area contributed by atoms with Crippen molar-refractivity contribution in [2.45, 2.75) is 25.8 Å². The number of nitrogens with one attached hydrogen (secondary N) is 3. The Morgan fingerprint density at radius 2 is 1.90 bits per heavy atom. The molecule has 1 atom stereocenters. The molecular weight excluding hydrogens is 272 g/mol. The van der Waals surface area contributed by atoms with Gasteiger partial charge in [0, 0.05) is 17.3 Å². The van der Waals surface area contributed by atoms with E-state index < -0.39 is 18.0 Å². The van der Waals surface area contributed by atoms with Gasteiger partial charge in [-0.2, -0.15) is 0 Å². The Morgan fingerprint density at radius 1 is 1.24 bits per heavy atom. The van der Waals surface area contributed by atoms with E-state index in [1.54, 1.807) is 31.2 Å². The zero-order valence-electron chi connectivity index (χ0n) is 11.7. The van der Waals surface area contributed by atoms with Crippen molar-refractivity contribution in [3.63, 3.8) is 0 Å². The summed E-state index contributed by atoms with van der Waals surface area (Å²) in [5.41, 5.74) is 6.22. The largest absolute Gasteiger partial charge is 0.374 e. The molecule has 1 aliphatic carbocycles. The summed E-state index contributed by atoms with van der Waals surface area (Å²) >= 11 is 0. The van der Waals surface area contributed by atoms with Crippen LogP contribution in [0.2, 0.25) is 0 Å². The van der Waals surface area contributed by atoms with E-state index in [4.69, 9.17) is 5.73 Å². The minimum atomic E-state index is -0.890. The molecule has 0 unspecified atom stereocenters. The average molecular weight is 290 g/mol. The zero-order valence-corrected chi connectivity index (χ0v) is 11.7. The first kappa shape index (κ1) is 14.8. The van der Waals surface area contributed by atoms with Gasteiger partial charge in [0.05, 0.1) is 0 Å². The highest BCUT2D eigenvalue weighted by Gasteiger charge is 2.29. The number of rotatable bonds is 5. The summed E-state index contributed by atoms with van der Waals surface area (Å²) in [7, 11) is 0. The Bertz CT molecular complexity index is 569. The number of primary amides is 1. The maximum absolute atomic E-state index is 11.7. The van der Waals surface area contributed by atoms with Gasteiger partial charge in [-0.15, -0.1) is 0 Å². The van der Waals surface area contributed by atoms with Gasteiger partial charge in [-0.25, -0.2) is 4.79 Å². The molecule has 1 fully saturated rings. The summed E-state index contributed by atoms with van der Waals surface area (Å²) in [4.78, 5) is 33.9. The van der Waals surface area contributed by atoms with Gasteiger partial charge in [-0.3, -0.25) is 14.9 Å². The third-order valence-corrected chi connectivity index (χ3v) is 3.10. The molecule has 1 aromatic rings. The van der Waals surface area contributed by atoms with E-state index in [1.807, 2.05) is 5.32 Å². The van der Waals surface area contributed by atoms with E-state index in [2.05, 4.69) is 10.6 Å². The standard InChI is InChI=1S/C14H18N4O3/c1-8(12(19)18-14(15)21)16-10-3-2-4-11(7-10)17-13(20)9-5-6-9/h2-4,7-9,16H,5-6H2,1H3,(H,17,20)(H3,15,18,19,21)/t8-/m0/s1. The van der Waals surface area contributed by atoms with Crippen LogP contribution in [0, 0.1) is 5.92 Å². The highest BCUT2D eigenvalue weighted by Crippen LogP contribution is 2.30. The maximum Gasteiger partial charge on any atom is 0.318 e. The van der Waals surface area contributed by atoms with Crippen LogP contribution in [0.5, 0.6) is 0 Å². The molecule has 112 valence electrons. The van der Waals surface area contributed by atoms with Crippen LogP contribution in [0.15, 0.2) is 24.3 Å². The third-order valence-electron chi connectivity index (χ3n) is 3.10. The van der Waals surface area contributed by atoms with Gasteiger partial charge >= 0.3 is 6.03 Å². The van der Waals surface area contributed by atoms with Crippen LogP contribution in [0.25, 0.3) is 0 Å². The summed E-state index contributed by atoms with van der Waals surface area (Å²) in [5, 5.41) is 7.76. The van der Waals surface area contributed by atoms with Crippen LogP contribution in [-0.4, -0.2) is 23.9 Å². The normalized spacial score (nSPS) is 14.9. The van der Waals surface area contributed by atoms with Crippen molar-refractivity contribution < 1.29 is 14.4 Å². The maximum atomic E-state index is 11.7. The molecular formula is C14H18N4O3. The van der Waals surface area contributed by atoms with Gasteiger partial charge in [0.1, 0.15) is 6.04 Å². The van der Waals surface area contributed by atoms with Crippen LogP contribution < -0.4 is 21.7 Å². The van der Waals surface area contributed by atoms with Gasteiger partial charge in [0.15, 0.2) is 0 Å². The van der Waals surface area contributed by atoms with Gasteiger partial charge in [0.25, 0.3) is 0 Å². The lowest BCUT2D eigenvalue weighted by Crippen LogP contribution is -2.43. The predicted molar refractivity (Wildman–Crippen MR) is 78.6 cm³/mol. The van der Waals surface area contributed by atoms with Crippen LogP contribution in [0.1, 0.15) is 19.8 Å². The fourth-order valence-electron chi connectivity index (χ4n) is 1.82. The molecule has 0 spiro atoms. The lowest BCUT2D eigenvalue weighted by Gasteiger charge is -2.15. The number of anilines is 2. The summed E-state index contributed by atoms with van der Waals surface area (Å²) in [6.07, 6.45) is 1.88. The van der Waals surface area contributed by atoms with E-state index >= 15 is 0 Å². The van der Waals surface area contributed by atoms with Crippen molar-refractivity contribution in [1.82, 2.24) is 5.32 Å². The van der Waals surface area contributed by atoms with Gasteiger partial charge < -0.3 is 16.4 Å². The molecule has 0 aromatic heterocycles. The fraction of sp³-hybridized carbons (Fsp3) is 0.357. The van der Waals surface area contributed by atoms with Crippen molar-refractivity contribution >= 4 is 29.2 Å². The van der Waals surface area contributed by atoms with E-state index in [9.17, 15) is 14.4 Å². The number of imide groups is 1. The fourth-order valence-corrected chi connectivity index (χ4v) is 1.82. The molecule has 0 heterocycles. The van der Waals surface area contributed by atoms with Crippen LogP contribution in [-0.2, 0) is 9.59 Å². The van der Waals surface area contributed by atoms with Crippen molar-refractivity contribution in [3.8, 4) is 0 Å². The van der Waals surface area contributed by atoms with Crippen LogP contribution in [0.4, 0.5) is 16.2 Å². The molecule has 0 aliphatic heterocycles. The molecule has 7 heteroatoms. The van der Waals surface area contributed by atoms with Gasteiger partial charge in [0.2, 0.25) is 11.8 Å². The highest BCUT2D eigenvalue weighted by atomic mass is 16.2. The average Bonchev–Trinajstić information content (AvgIpc) is 3.22. The lowest BCUT2D eigenvalue weighted by molar-refractivity contribution is -0.120. The van der Waals surface area contributed by atoms with E-state index in [0.717, 1.165) is 12.8 Å². The molecule has 1 aliphatic rings. The van der Waals surface area contributed by atoms with Crippen LogP contribution in [0.3, 0.4) is 0 Å². The summed E-state index contributed by atoms with van der Waals surface area (Å²) in [5.74, 6) is -0.372. The quantitative estimate of drug-likeness (QED) is 0.648. The molecule has 0 bridgehead atoms. The monoisotopic (exact) mass is 290 g/mol. The number of benzene rings is 1. The minimum Gasteiger partial charge on any atom is -0.374 e. The number of amides is 4. The Balaban J connectivity index is 1.95. The van der Waals surface area contributed by atoms with Crippen molar-refractivity contribution in [3.05, 3.63) is 24.3 Å². The summed E-state index contributed by atoms with van der Waals surface area (Å²) in [6, 6.07) is 5.52. The number of carbonyl (C=O) groups excluding carboxylic acids is 3.